The maximum atomic E-state index is 12.6. The summed E-state index contributed by atoms with van der Waals surface area (Å²) in [6.07, 6.45) is 4.53. The first-order chi connectivity index (χ1) is 15.4. The Labute approximate surface area is 183 Å². The third-order valence-electron chi connectivity index (χ3n) is 5.24. The van der Waals surface area contributed by atoms with Gasteiger partial charge in [0.25, 0.3) is 11.6 Å². The van der Waals surface area contributed by atoms with Crippen LogP contribution >= 0.6 is 11.3 Å². The van der Waals surface area contributed by atoms with Crippen LogP contribution in [0.15, 0.2) is 54.0 Å². The Balaban J connectivity index is 1.36. The average Bonchev–Trinajstić information content (AvgIpc) is 3.47. The SMILES string of the molecule is O=C(Cn1cc(CN2C(=O)C(=O)C3CC=CC([N+](=O)[O-])=C32)nn1)c1nc2ccccc2s1. The number of benzene rings is 1. The molecule has 0 N–H and O–H groups in total. The monoisotopic (exact) mass is 450 g/mol. The van der Waals surface area contributed by atoms with Gasteiger partial charge in [-0.05, 0) is 18.6 Å². The Morgan fingerprint density at radius 1 is 1.28 bits per heavy atom. The van der Waals surface area contributed by atoms with Gasteiger partial charge in [-0.1, -0.05) is 23.4 Å². The zero-order chi connectivity index (χ0) is 22.4. The maximum absolute atomic E-state index is 12.6. The van der Waals surface area contributed by atoms with Crippen LogP contribution in [0.1, 0.15) is 21.9 Å². The van der Waals surface area contributed by atoms with Gasteiger partial charge in [0, 0.05) is 6.08 Å². The molecule has 1 aromatic carbocycles. The molecule has 3 aromatic rings. The van der Waals surface area contributed by atoms with Crippen LogP contribution in [0.4, 0.5) is 0 Å². The van der Waals surface area contributed by atoms with E-state index in [1.54, 1.807) is 0 Å². The van der Waals surface area contributed by atoms with Crippen LogP contribution in [0.25, 0.3) is 10.2 Å². The lowest BCUT2D eigenvalue weighted by Gasteiger charge is -2.19. The van der Waals surface area contributed by atoms with Gasteiger partial charge in [0.2, 0.25) is 11.6 Å². The number of carbonyl (C=O) groups excluding carboxylic acids is 3. The fourth-order valence-corrected chi connectivity index (χ4v) is 4.70. The van der Waals surface area contributed by atoms with E-state index in [2.05, 4.69) is 15.3 Å². The minimum atomic E-state index is -0.858. The summed E-state index contributed by atoms with van der Waals surface area (Å²) >= 11 is 1.28. The van der Waals surface area contributed by atoms with Crippen LogP contribution in [0.2, 0.25) is 0 Å². The van der Waals surface area contributed by atoms with Gasteiger partial charge in [0.15, 0.2) is 5.01 Å². The van der Waals surface area contributed by atoms with Crippen molar-refractivity contribution >= 4 is 39.0 Å². The first kappa shape index (κ1) is 19.9. The fourth-order valence-electron chi connectivity index (χ4n) is 3.81. The molecular weight excluding hydrogens is 436 g/mol. The Morgan fingerprint density at radius 2 is 2.09 bits per heavy atom. The lowest BCUT2D eigenvalue weighted by molar-refractivity contribution is -0.421. The molecule has 1 fully saturated rings. The Morgan fingerprint density at radius 3 is 2.88 bits per heavy atom. The molecular formula is C20H14N6O5S. The number of hydrogen-bond donors (Lipinski definition) is 0. The molecule has 1 unspecified atom stereocenters. The zero-order valence-electron chi connectivity index (χ0n) is 16.4. The third-order valence-corrected chi connectivity index (χ3v) is 6.32. The number of likely N-dealkylation sites (tertiary alicyclic amines) is 1. The minimum Gasteiger partial charge on any atom is -0.296 e. The van der Waals surface area contributed by atoms with Gasteiger partial charge in [-0.2, -0.15) is 0 Å². The molecule has 0 spiro atoms. The number of carbonyl (C=O) groups is 3. The van der Waals surface area contributed by atoms with Gasteiger partial charge in [-0.15, -0.1) is 16.4 Å². The van der Waals surface area contributed by atoms with E-state index in [9.17, 15) is 24.5 Å². The standard InChI is InChI=1S/C20H14N6O5S/c27-15(19-21-13-5-1-2-7-16(13)32-19)10-24-8-11(22-23-24)9-25-17-12(18(28)20(25)29)4-3-6-14(17)26(30)31/h1-3,5-8,12H,4,9-10H2. The van der Waals surface area contributed by atoms with E-state index in [1.807, 2.05) is 24.3 Å². The number of nitro groups is 1. The molecule has 2 aromatic heterocycles. The van der Waals surface area contributed by atoms with E-state index in [1.165, 1.54) is 34.4 Å². The predicted molar refractivity (Wildman–Crippen MR) is 111 cm³/mol. The average molecular weight is 450 g/mol. The van der Waals surface area contributed by atoms with Gasteiger partial charge < -0.3 is 0 Å². The predicted octanol–water partition coefficient (Wildman–Crippen LogP) is 1.75. The van der Waals surface area contributed by atoms with Crippen molar-refractivity contribution in [2.75, 3.05) is 0 Å². The molecule has 0 bridgehead atoms. The first-order valence-electron chi connectivity index (χ1n) is 9.61. The number of aromatic nitrogens is 4. The van der Waals surface area contributed by atoms with Gasteiger partial charge in [0.1, 0.15) is 17.9 Å². The molecule has 3 heterocycles. The van der Waals surface area contributed by atoms with E-state index in [0.717, 1.165) is 15.1 Å². The second-order valence-electron chi connectivity index (χ2n) is 7.29. The van der Waals surface area contributed by atoms with E-state index in [-0.39, 0.29) is 36.7 Å². The first-order valence-corrected chi connectivity index (χ1v) is 10.4. The molecule has 0 saturated carbocycles. The number of allylic oxidation sites excluding steroid dienone is 3. The lowest BCUT2D eigenvalue weighted by Crippen LogP contribution is -2.27. The number of nitrogens with zero attached hydrogens (tertiary/aromatic N) is 6. The van der Waals surface area contributed by atoms with E-state index < -0.39 is 22.5 Å². The molecule has 1 aliphatic carbocycles. The summed E-state index contributed by atoms with van der Waals surface area (Å²) < 4.78 is 2.21. The summed E-state index contributed by atoms with van der Waals surface area (Å²) in [6.45, 7) is -0.259. The molecule has 12 heteroatoms. The quantitative estimate of drug-likeness (QED) is 0.239. The van der Waals surface area contributed by atoms with Crippen molar-refractivity contribution in [3.8, 4) is 0 Å². The molecule has 160 valence electrons. The van der Waals surface area contributed by atoms with Crippen LogP contribution in [0.5, 0.6) is 0 Å². The number of fused-ring (bicyclic) bond motifs is 2. The summed E-state index contributed by atoms with van der Waals surface area (Å²) in [7, 11) is 0. The second-order valence-corrected chi connectivity index (χ2v) is 8.32. The van der Waals surface area contributed by atoms with Crippen molar-refractivity contribution < 1.29 is 19.3 Å². The topological polar surface area (TPSA) is 141 Å². The number of para-hydroxylation sites is 1. The van der Waals surface area contributed by atoms with Crippen LogP contribution in [-0.2, 0) is 22.7 Å². The molecule has 1 aliphatic heterocycles. The molecule has 0 radical (unpaired) electrons. The van der Waals surface area contributed by atoms with Crippen molar-refractivity contribution in [2.24, 2.45) is 5.92 Å². The van der Waals surface area contributed by atoms with Crippen LogP contribution in [0.3, 0.4) is 0 Å². The normalized spacial score (nSPS) is 18.0. The van der Waals surface area contributed by atoms with Crippen LogP contribution < -0.4 is 0 Å². The van der Waals surface area contributed by atoms with E-state index >= 15 is 0 Å². The highest BCUT2D eigenvalue weighted by molar-refractivity contribution is 7.20. The molecule has 2 aliphatic rings. The van der Waals surface area contributed by atoms with Crippen LogP contribution in [-0.4, -0.2) is 47.3 Å². The molecule has 1 saturated heterocycles. The van der Waals surface area contributed by atoms with Crippen molar-refractivity contribution in [1.82, 2.24) is 24.9 Å². The number of rotatable bonds is 6. The van der Waals surface area contributed by atoms with Crippen molar-refractivity contribution in [1.29, 1.82) is 0 Å². The summed E-state index contributed by atoms with van der Waals surface area (Å²) in [5.41, 5.74) is 0.836. The van der Waals surface area contributed by atoms with Crippen LogP contribution in [0, 0.1) is 16.0 Å². The fraction of sp³-hybridized carbons (Fsp3) is 0.200. The minimum absolute atomic E-state index is 0.0765. The number of Topliss-reactive ketones (excluding diaryl/α,β-unsaturated/α-hetero) is 2. The third kappa shape index (κ3) is 3.30. The molecule has 1 amide bonds. The highest BCUT2D eigenvalue weighted by atomic mass is 32.1. The van der Waals surface area contributed by atoms with Crippen molar-refractivity contribution in [3.63, 3.8) is 0 Å². The summed E-state index contributed by atoms with van der Waals surface area (Å²) in [5.74, 6) is -2.59. The molecule has 1 atom stereocenters. The number of ketones is 2. The molecule has 32 heavy (non-hydrogen) atoms. The number of thiazole rings is 1. The summed E-state index contributed by atoms with van der Waals surface area (Å²) in [4.78, 5) is 53.6. The zero-order valence-corrected chi connectivity index (χ0v) is 17.2. The molecule has 11 nitrogen and oxygen atoms in total. The largest absolute Gasteiger partial charge is 0.296 e. The highest BCUT2D eigenvalue weighted by Gasteiger charge is 2.48. The summed E-state index contributed by atoms with van der Waals surface area (Å²) in [5, 5.41) is 19.6. The van der Waals surface area contributed by atoms with Gasteiger partial charge in [-0.25, -0.2) is 9.67 Å². The van der Waals surface area contributed by atoms with Crippen molar-refractivity contribution in [3.05, 3.63) is 74.8 Å². The summed E-state index contributed by atoms with van der Waals surface area (Å²) in [6, 6.07) is 7.42. The highest BCUT2D eigenvalue weighted by Crippen LogP contribution is 2.36. The van der Waals surface area contributed by atoms with Crippen molar-refractivity contribution in [2.45, 2.75) is 19.5 Å². The number of amides is 1. The van der Waals surface area contributed by atoms with E-state index in [0.29, 0.717) is 10.7 Å². The Hall–Kier alpha value is -4.06. The lowest BCUT2D eigenvalue weighted by atomic mass is 9.94. The number of hydrogen-bond acceptors (Lipinski definition) is 9. The maximum Gasteiger partial charge on any atom is 0.295 e. The Bertz CT molecular complexity index is 1340. The molecule has 5 rings (SSSR count). The Kier molecular flexibility index (Phi) is 4.70. The van der Waals surface area contributed by atoms with Gasteiger partial charge >= 0.3 is 0 Å². The second kappa shape index (κ2) is 7.57. The van der Waals surface area contributed by atoms with Gasteiger partial charge in [0.05, 0.1) is 33.8 Å². The van der Waals surface area contributed by atoms with E-state index in [4.69, 9.17) is 0 Å². The smallest absolute Gasteiger partial charge is 0.295 e. The van der Waals surface area contributed by atoms with Gasteiger partial charge in [-0.3, -0.25) is 29.4 Å².